The van der Waals surface area contributed by atoms with Gasteiger partial charge in [-0.25, -0.2) is 0 Å². The van der Waals surface area contributed by atoms with E-state index in [4.69, 9.17) is 0 Å². The summed E-state index contributed by atoms with van der Waals surface area (Å²) in [6, 6.07) is 26.0. The van der Waals surface area contributed by atoms with Gasteiger partial charge in [0, 0.05) is 26.0 Å². The Morgan fingerprint density at radius 1 is 0.552 bits per heavy atom. The van der Waals surface area contributed by atoms with Gasteiger partial charge >= 0.3 is 0 Å². The van der Waals surface area contributed by atoms with Crippen LogP contribution in [0.3, 0.4) is 0 Å². The van der Waals surface area contributed by atoms with Crippen LogP contribution in [-0.4, -0.2) is 0 Å². The maximum Gasteiger partial charge on any atom is 0.0462 e. The second-order valence-electron chi connectivity index (χ2n) is 7.47. The van der Waals surface area contributed by atoms with E-state index in [1.807, 2.05) is 0 Å². The molecule has 0 radical (unpaired) electrons. The minimum atomic E-state index is 1.09. The summed E-state index contributed by atoms with van der Waals surface area (Å²) in [5, 5.41) is 0. The van der Waals surface area contributed by atoms with Gasteiger partial charge < -0.3 is 4.90 Å². The average molecular weight is 515 g/mol. The molecule has 29 heavy (non-hydrogen) atoms. The van der Waals surface area contributed by atoms with Crippen LogP contribution in [0.2, 0.25) is 0 Å². The minimum Gasteiger partial charge on any atom is -0.311 e. The van der Waals surface area contributed by atoms with Gasteiger partial charge in [0.2, 0.25) is 0 Å². The Bertz CT molecular complexity index is 809. The van der Waals surface area contributed by atoms with Crippen LogP contribution in [0, 0.1) is 0 Å². The van der Waals surface area contributed by atoms with Crippen LogP contribution in [0.5, 0.6) is 0 Å². The molecule has 0 aliphatic heterocycles. The maximum absolute atomic E-state index is 3.55. The molecule has 0 bridgehead atoms. The van der Waals surface area contributed by atoms with Crippen molar-refractivity contribution in [2.45, 2.75) is 51.9 Å². The fourth-order valence-electron chi connectivity index (χ4n) is 3.55. The molecule has 3 aromatic rings. The Balaban J connectivity index is 1.74. The van der Waals surface area contributed by atoms with Crippen LogP contribution < -0.4 is 4.90 Å². The molecule has 0 amide bonds. The number of hydrogen-bond donors (Lipinski definition) is 0. The van der Waals surface area contributed by atoms with Crippen LogP contribution in [0.15, 0.2) is 81.7 Å². The molecule has 0 N–H and O–H groups in total. The lowest BCUT2D eigenvalue weighted by molar-refractivity contribution is 0.607. The molecule has 3 heteroatoms. The minimum absolute atomic E-state index is 1.09. The lowest BCUT2D eigenvalue weighted by Gasteiger charge is -2.25. The Kier molecular flexibility index (Phi) is 8.82. The van der Waals surface area contributed by atoms with E-state index >= 15 is 0 Å². The predicted molar refractivity (Wildman–Crippen MR) is 134 cm³/mol. The quantitative estimate of drug-likeness (QED) is 0.243. The Morgan fingerprint density at radius 3 is 1.45 bits per heavy atom. The summed E-state index contributed by atoms with van der Waals surface area (Å²) in [7, 11) is 0. The van der Waals surface area contributed by atoms with Gasteiger partial charge in [-0.05, 0) is 79.1 Å². The van der Waals surface area contributed by atoms with Crippen molar-refractivity contribution in [3.63, 3.8) is 0 Å². The number of rotatable bonds is 10. The monoisotopic (exact) mass is 513 g/mol. The standard InChI is InChI=1S/C26H29Br2N/c1-2-3-4-5-6-7-8-21-9-15-24(16-10-21)29(25-17-11-22(27)12-18-25)26-19-13-23(28)14-20-26/h9-20H,2-8H2,1H3. The fraction of sp³-hybridized carbons (Fsp3) is 0.308. The van der Waals surface area contributed by atoms with Gasteiger partial charge in [0.05, 0.1) is 0 Å². The third kappa shape index (κ3) is 6.72. The molecule has 1 nitrogen and oxygen atoms in total. The number of benzene rings is 3. The zero-order valence-electron chi connectivity index (χ0n) is 17.1. The number of halogens is 2. The van der Waals surface area contributed by atoms with E-state index in [1.54, 1.807) is 0 Å². The molecule has 0 fully saturated rings. The van der Waals surface area contributed by atoms with Gasteiger partial charge in [-0.15, -0.1) is 0 Å². The highest BCUT2D eigenvalue weighted by Gasteiger charge is 2.12. The zero-order chi connectivity index (χ0) is 20.5. The molecule has 0 unspecified atom stereocenters. The lowest BCUT2D eigenvalue weighted by Crippen LogP contribution is -2.09. The van der Waals surface area contributed by atoms with Gasteiger partial charge in [-0.2, -0.15) is 0 Å². The van der Waals surface area contributed by atoms with E-state index in [0.717, 1.165) is 20.3 Å². The number of nitrogens with zero attached hydrogens (tertiary/aromatic N) is 1. The Labute approximate surface area is 192 Å². The van der Waals surface area contributed by atoms with Gasteiger partial charge in [-0.1, -0.05) is 83.0 Å². The molecule has 0 atom stereocenters. The van der Waals surface area contributed by atoms with Crippen LogP contribution in [0.25, 0.3) is 0 Å². The van der Waals surface area contributed by atoms with Gasteiger partial charge in [0.1, 0.15) is 0 Å². The van der Waals surface area contributed by atoms with E-state index in [1.165, 1.54) is 56.2 Å². The normalized spacial score (nSPS) is 10.9. The van der Waals surface area contributed by atoms with Crippen molar-refractivity contribution in [3.05, 3.63) is 87.3 Å². The first-order valence-electron chi connectivity index (χ1n) is 10.6. The average Bonchev–Trinajstić information content (AvgIpc) is 2.74. The summed E-state index contributed by atoms with van der Waals surface area (Å²) >= 11 is 7.09. The summed E-state index contributed by atoms with van der Waals surface area (Å²) in [4.78, 5) is 2.30. The van der Waals surface area contributed by atoms with Gasteiger partial charge in [-0.3, -0.25) is 0 Å². The third-order valence-electron chi connectivity index (χ3n) is 5.18. The summed E-state index contributed by atoms with van der Waals surface area (Å²) < 4.78 is 2.18. The molecule has 0 saturated carbocycles. The first kappa shape index (κ1) is 22.1. The first-order valence-corrected chi connectivity index (χ1v) is 12.2. The van der Waals surface area contributed by atoms with Gasteiger partial charge in [0.15, 0.2) is 0 Å². The molecule has 0 saturated heterocycles. The Morgan fingerprint density at radius 2 is 0.966 bits per heavy atom. The molecule has 152 valence electrons. The highest BCUT2D eigenvalue weighted by molar-refractivity contribution is 9.10. The Hall–Kier alpha value is -1.58. The zero-order valence-corrected chi connectivity index (χ0v) is 20.3. The van der Waals surface area contributed by atoms with Crippen molar-refractivity contribution in [1.29, 1.82) is 0 Å². The second kappa shape index (κ2) is 11.6. The molecular formula is C26H29Br2N. The van der Waals surface area contributed by atoms with Crippen molar-refractivity contribution in [2.24, 2.45) is 0 Å². The molecule has 0 aromatic heterocycles. The van der Waals surface area contributed by atoms with Crippen molar-refractivity contribution >= 4 is 48.9 Å². The second-order valence-corrected chi connectivity index (χ2v) is 9.30. The van der Waals surface area contributed by atoms with E-state index in [9.17, 15) is 0 Å². The van der Waals surface area contributed by atoms with Crippen molar-refractivity contribution in [2.75, 3.05) is 4.90 Å². The molecule has 3 rings (SSSR count). The van der Waals surface area contributed by atoms with E-state index in [-0.39, 0.29) is 0 Å². The molecule has 3 aromatic carbocycles. The van der Waals surface area contributed by atoms with Crippen LogP contribution in [0.4, 0.5) is 17.1 Å². The topological polar surface area (TPSA) is 3.24 Å². The first-order chi connectivity index (χ1) is 14.2. The smallest absolute Gasteiger partial charge is 0.0462 e. The van der Waals surface area contributed by atoms with Crippen LogP contribution in [-0.2, 0) is 6.42 Å². The maximum atomic E-state index is 3.55. The number of unbranched alkanes of at least 4 members (excludes halogenated alkanes) is 5. The van der Waals surface area contributed by atoms with Crippen molar-refractivity contribution in [3.8, 4) is 0 Å². The molecule has 0 heterocycles. The number of aryl methyl sites for hydroxylation is 1. The van der Waals surface area contributed by atoms with E-state index in [2.05, 4.69) is 116 Å². The van der Waals surface area contributed by atoms with Crippen LogP contribution in [0.1, 0.15) is 51.0 Å². The lowest BCUT2D eigenvalue weighted by atomic mass is 10.0. The van der Waals surface area contributed by atoms with Gasteiger partial charge in [0.25, 0.3) is 0 Å². The number of anilines is 3. The summed E-state index contributed by atoms with van der Waals surface area (Å²) in [5.41, 5.74) is 4.91. The largest absolute Gasteiger partial charge is 0.311 e. The summed E-state index contributed by atoms with van der Waals surface area (Å²) in [5.74, 6) is 0. The van der Waals surface area contributed by atoms with Crippen molar-refractivity contribution in [1.82, 2.24) is 0 Å². The van der Waals surface area contributed by atoms with E-state index in [0.29, 0.717) is 0 Å². The molecular weight excluding hydrogens is 486 g/mol. The van der Waals surface area contributed by atoms with Crippen molar-refractivity contribution < 1.29 is 0 Å². The SMILES string of the molecule is CCCCCCCCc1ccc(N(c2ccc(Br)cc2)c2ccc(Br)cc2)cc1. The summed E-state index contributed by atoms with van der Waals surface area (Å²) in [6.45, 7) is 2.27. The number of hydrogen-bond acceptors (Lipinski definition) is 1. The fourth-order valence-corrected chi connectivity index (χ4v) is 4.08. The van der Waals surface area contributed by atoms with Crippen LogP contribution >= 0.6 is 31.9 Å². The molecule has 0 aliphatic rings. The summed E-state index contributed by atoms with van der Waals surface area (Å²) in [6.07, 6.45) is 9.23. The third-order valence-corrected chi connectivity index (χ3v) is 6.24. The highest BCUT2D eigenvalue weighted by atomic mass is 79.9. The van der Waals surface area contributed by atoms with E-state index < -0.39 is 0 Å². The predicted octanol–water partition coefficient (Wildman–Crippen LogP) is 9.58. The molecule has 0 aliphatic carbocycles. The molecule has 0 spiro atoms. The highest BCUT2D eigenvalue weighted by Crippen LogP contribution is 2.35.